The lowest BCUT2D eigenvalue weighted by molar-refractivity contribution is 0.627. The number of rotatable bonds is 6. The van der Waals surface area contributed by atoms with Crippen LogP contribution in [0.1, 0.15) is 16.7 Å². The van der Waals surface area contributed by atoms with E-state index in [1.54, 1.807) is 24.4 Å². The van der Waals surface area contributed by atoms with E-state index >= 15 is 0 Å². The van der Waals surface area contributed by atoms with E-state index in [1.165, 1.54) is 23.3 Å². The Morgan fingerprint density at radius 3 is 2.50 bits per heavy atom. The third kappa shape index (κ3) is 4.52. The molecule has 2 aromatic carbocycles. The molecule has 5 heteroatoms. The molecule has 24 heavy (non-hydrogen) atoms. The van der Waals surface area contributed by atoms with Crippen LogP contribution in [0.5, 0.6) is 0 Å². The molecule has 0 amide bonds. The van der Waals surface area contributed by atoms with Crippen LogP contribution >= 0.6 is 0 Å². The van der Waals surface area contributed by atoms with Gasteiger partial charge in [-0.15, -0.1) is 0 Å². The van der Waals surface area contributed by atoms with E-state index in [-0.39, 0.29) is 5.82 Å². The van der Waals surface area contributed by atoms with E-state index in [0.29, 0.717) is 19.0 Å². The van der Waals surface area contributed by atoms with Crippen LogP contribution in [-0.2, 0) is 13.1 Å². The van der Waals surface area contributed by atoms with Gasteiger partial charge in [-0.25, -0.2) is 9.37 Å². The minimum Gasteiger partial charge on any atom is -0.366 e. The standard InChI is InChI=1S/C19H19FN4/c1-14-3-2-4-16(11-14)13-23-19-21-10-9-18(24-19)22-12-15-5-7-17(20)8-6-15/h2-11H,12-13H2,1H3,(H2,21,22,23,24). The van der Waals surface area contributed by atoms with Crippen LogP contribution in [0.25, 0.3) is 0 Å². The molecule has 0 unspecified atom stereocenters. The molecule has 0 aliphatic carbocycles. The lowest BCUT2D eigenvalue weighted by Crippen LogP contribution is -2.07. The lowest BCUT2D eigenvalue weighted by Gasteiger charge is -2.09. The summed E-state index contributed by atoms with van der Waals surface area (Å²) in [7, 11) is 0. The van der Waals surface area contributed by atoms with Gasteiger partial charge in [-0.2, -0.15) is 4.98 Å². The average molecular weight is 322 g/mol. The second-order valence-electron chi connectivity index (χ2n) is 5.59. The van der Waals surface area contributed by atoms with Crippen molar-refractivity contribution < 1.29 is 4.39 Å². The van der Waals surface area contributed by atoms with Crippen molar-refractivity contribution in [1.29, 1.82) is 0 Å². The summed E-state index contributed by atoms with van der Waals surface area (Å²) >= 11 is 0. The largest absolute Gasteiger partial charge is 0.366 e. The molecular formula is C19H19FN4. The molecule has 0 fully saturated rings. The van der Waals surface area contributed by atoms with Crippen molar-refractivity contribution in [3.8, 4) is 0 Å². The molecule has 3 aromatic rings. The van der Waals surface area contributed by atoms with Crippen LogP contribution in [-0.4, -0.2) is 9.97 Å². The van der Waals surface area contributed by atoms with Gasteiger partial charge in [0.15, 0.2) is 0 Å². The van der Waals surface area contributed by atoms with Crippen molar-refractivity contribution in [2.24, 2.45) is 0 Å². The molecule has 4 nitrogen and oxygen atoms in total. The number of hydrogen-bond donors (Lipinski definition) is 2. The summed E-state index contributed by atoms with van der Waals surface area (Å²) < 4.78 is 12.9. The first-order chi connectivity index (χ1) is 11.7. The molecule has 0 spiro atoms. The summed E-state index contributed by atoms with van der Waals surface area (Å²) in [6.07, 6.45) is 1.71. The number of anilines is 2. The fourth-order valence-corrected chi connectivity index (χ4v) is 2.34. The summed E-state index contributed by atoms with van der Waals surface area (Å²) in [6.45, 7) is 3.32. The third-order valence-corrected chi connectivity index (χ3v) is 3.58. The van der Waals surface area contributed by atoms with Crippen molar-refractivity contribution in [2.45, 2.75) is 20.0 Å². The topological polar surface area (TPSA) is 49.8 Å². The number of nitrogens with one attached hydrogen (secondary N) is 2. The van der Waals surface area contributed by atoms with Crippen molar-refractivity contribution in [3.05, 3.63) is 83.3 Å². The average Bonchev–Trinajstić information content (AvgIpc) is 2.60. The second kappa shape index (κ2) is 7.55. The molecule has 0 aliphatic rings. The van der Waals surface area contributed by atoms with Gasteiger partial charge in [0.2, 0.25) is 5.95 Å². The first-order valence-corrected chi connectivity index (χ1v) is 7.80. The van der Waals surface area contributed by atoms with Crippen molar-refractivity contribution >= 4 is 11.8 Å². The number of hydrogen-bond acceptors (Lipinski definition) is 4. The minimum absolute atomic E-state index is 0.233. The molecule has 1 aromatic heterocycles. The first-order valence-electron chi connectivity index (χ1n) is 7.80. The predicted octanol–water partition coefficient (Wildman–Crippen LogP) is 4.15. The summed E-state index contributed by atoms with van der Waals surface area (Å²) in [5, 5.41) is 6.44. The Labute approximate surface area is 140 Å². The molecule has 3 rings (SSSR count). The molecule has 0 atom stereocenters. The number of aromatic nitrogens is 2. The van der Waals surface area contributed by atoms with E-state index in [4.69, 9.17) is 0 Å². The van der Waals surface area contributed by atoms with Gasteiger partial charge < -0.3 is 10.6 Å². The van der Waals surface area contributed by atoms with Gasteiger partial charge in [-0.05, 0) is 36.2 Å². The molecule has 0 aliphatic heterocycles. The molecular weight excluding hydrogens is 303 g/mol. The van der Waals surface area contributed by atoms with Gasteiger partial charge in [0.05, 0.1) is 0 Å². The van der Waals surface area contributed by atoms with Gasteiger partial charge >= 0.3 is 0 Å². The zero-order valence-corrected chi connectivity index (χ0v) is 13.5. The summed E-state index contributed by atoms with van der Waals surface area (Å²) in [6, 6.07) is 16.5. The highest BCUT2D eigenvalue weighted by atomic mass is 19.1. The molecule has 0 saturated carbocycles. The highest BCUT2D eigenvalue weighted by Gasteiger charge is 2.01. The Balaban J connectivity index is 1.58. The van der Waals surface area contributed by atoms with Crippen LogP contribution in [0, 0.1) is 12.7 Å². The maximum atomic E-state index is 12.9. The molecule has 0 saturated heterocycles. The van der Waals surface area contributed by atoms with Crippen LogP contribution in [0.15, 0.2) is 60.8 Å². The molecule has 122 valence electrons. The summed E-state index contributed by atoms with van der Waals surface area (Å²) in [5.74, 6) is 1.06. The lowest BCUT2D eigenvalue weighted by atomic mass is 10.1. The first kappa shape index (κ1) is 15.9. The Hall–Kier alpha value is -2.95. The Kier molecular flexibility index (Phi) is 5.01. The van der Waals surface area contributed by atoms with Crippen molar-refractivity contribution in [2.75, 3.05) is 10.6 Å². The van der Waals surface area contributed by atoms with E-state index < -0.39 is 0 Å². The molecule has 2 N–H and O–H groups in total. The number of nitrogens with zero attached hydrogens (tertiary/aromatic N) is 2. The second-order valence-corrected chi connectivity index (χ2v) is 5.59. The van der Waals surface area contributed by atoms with Gasteiger partial charge in [-0.1, -0.05) is 42.0 Å². The maximum Gasteiger partial charge on any atom is 0.224 e. The number of aryl methyl sites for hydroxylation is 1. The SMILES string of the molecule is Cc1cccc(CNc2nccc(NCc3ccc(F)cc3)n2)c1. The Bertz CT molecular complexity index is 802. The van der Waals surface area contributed by atoms with E-state index in [2.05, 4.69) is 45.7 Å². The summed E-state index contributed by atoms with van der Waals surface area (Å²) in [4.78, 5) is 8.67. The summed E-state index contributed by atoms with van der Waals surface area (Å²) in [5.41, 5.74) is 3.40. The zero-order valence-electron chi connectivity index (χ0n) is 13.5. The van der Waals surface area contributed by atoms with E-state index in [1.807, 2.05) is 6.07 Å². The highest BCUT2D eigenvalue weighted by Crippen LogP contribution is 2.11. The molecule has 0 radical (unpaired) electrons. The van der Waals surface area contributed by atoms with Gasteiger partial charge in [0.1, 0.15) is 11.6 Å². The van der Waals surface area contributed by atoms with Crippen LogP contribution in [0.3, 0.4) is 0 Å². The van der Waals surface area contributed by atoms with Gasteiger partial charge in [0.25, 0.3) is 0 Å². The van der Waals surface area contributed by atoms with Crippen molar-refractivity contribution in [3.63, 3.8) is 0 Å². The molecule has 1 heterocycles. The van der Waals surface area contributed by atoms with Crippen LogP contribution in [0.4, 0.5) is 16.2 Å². The predicted molar refractivity (Wildman–Crippen MR) is 94.3 cm³/mol. The quantitative estimate of drug-likeness (QED) is 0.716. The normalized spacial score (nSPS) is 10.4. The van der Waals surface area contributed by atoms with Gasteiger partial charge in [-0.3, -0.25) is 0 Å². The maximum absolute atomic E-state index is 12.9. The fraction of sp³-hybridized carbons (Fsp3) is 0.158. The number of halogens is 1. The van der Waals surface area contributed by atoms with E-state index in [0.717, 1.165) is 11.4 Å². The van der Waals surface area contributed by atoms with Crippen LogP contribution in [0.2, 0.25) is 0 Å². The zero-order chi connectivity index (χ0) is 16.8. The van der Waals surface area contributed by atoms with Crippen molar-refractivity contribution in [1.82, 2.24) is 9.97 Å². The van der Waals surface area contributed by atoms with E-state index in [9.17, 15) is 4.39 Å². The number of benzene rings is 2. The minimum atomic E-state index is -0.233. The smallest absolute Gasteiger partial charge is 0.224 e. The fourth-order valence-electron chi connectivity index (χ4n) is 2.34. The highest BCUT2D eigenvalue weighted by molar-refractivity contribution is 5.40. The Morgan fingerprint density at radius 2 is 1.71 bits per heavy atom. The van der Waals surface area contributed by atoms with Gasteiger partial charge in [0, 0.05) is 19.3 Å². The monoisotopic (exact) mass is 322 g/mol. The van der Waals surface area contributed by atoms with Crippen LogP contribution < -0.4 is 10.6 Å². The Morgan fingerprint density at radius 1 is 0.917 bits per heavy atom. The molecule has 0 bridgehead atoms. The third-order valence-electron chi connectivity index (χ3n) is 3.58.